The molecule has 12 aromatic rings. The highest BCUT2D eigenvalue weighted by atomic mass is 16.3. The molecule has 0 aliphatic heterocycles. The molecule has 0 radical (unpaired) electrons. The summed E-state index contributed by atoms with van der Waals surface area (Å²) < 4.78 is 13.9. The SMILES string of the molecule is CC.N#Cc1ccc2c(c1)c1cc(C#N)ccc1n2-c1ccc2oc3c(-n4c5ccccc5c5ccccc54)cc(-n4c5ccccc5c5ccccc54)cc3c2c1. The second-order valence-corrected chi connectivity index (χ2v) is 14.4. The van der Waals surface area contributed by atoms with Gasteiger partial charge in [-0.25, -0.2) is 0 Å². The summed E-state index contributed by atoms with van der Waals surface area (Å²) in [6, 6.07) is 61.4. The van der Waals surface area contributed by atoms with Gasteiger partial charge in [-0.2, -0.15) is 10.5 Å². The second kappa shape index (κ2) is 12.7. The lowest BCUT2D eigenvalue weighted by atomic mass is 10.1. The van der Waals surface area contributed by atoms with Crippen molar-refractivity contribution in [3.63, 3.8) is 0 Å². The van der Waals surface area contributed by atoms with Gasteiger partial charge in [0.15, 0.2) is 5.58 Å². The van der Waals surface area contributed by atoms with Gasteiger partial charge < -0.3 is 18.1 Å². The minimum Gasteiger partial charge on any atom is -0.454 e. The molecular formula is C52H33N5O. The van der Waals surface area contributed by atoms with Gasteiger partial charge in [0.05, 0.1) is 62.1 Å². The van der Waals surface area contributed by atoms with Crippen LogP contribution in [0.1, 0.15) is 25.0 Å². The van der Waals surface area contributed by atoms with Gasteiger partial charge in [-0.1, -0.05) is 86.6 Å². The Morgan fingerprint density at radius 1 is 0.379 bits per heavy atom. The maximum Gasteiger partial charge on any atom is 0.159 e. The molecule has 4 heterocycles. The highest BCUT2D eigenvalue weighted by molar-refractivity contribution is 6.15. The number of aromatic nitrogens is 3. The van der Waals surface area contributed by atoms with Crippen molar-refractivity contribution in [2.75, 3.05) is 0 Å². The summed E-state index contributed by atoms with van der Waals surface area (Å²) in [5, 5.41) is 28.2. The summed E-state index contributed by atoms with van der Waals surface area (Å²) in [5.41, 5.74) is 12.1. The smallest absolute Gasteiger partial charge is 0.159 e. The monoisotopic (exact) mass is 743 g/mol. The van der Waals surface area contributed by atoms with Gasteiger partial charge in [-0.05, 0) is 91.0 Å². The molecule has 0 aliphatic carbocycles. The van der Waals surface area contributed by atoms with Crippen LogP contribution in [0.2, 0.25) is 0 Å². The fourth-order valence-corrected chi connectivity index (χ4v) is 9.09. The van der Waals surface area contributed by atoms with E-state index in [0.29, 0.717) is 11.1 Å². The van der Waals surface area contributed by atoms with E-state index < -0.39 is 0 Å². The highest BCUT2D eigenvalue weighted by Gasteiger charge is 2.22. The van der Waals surface area contributed by atoms with Crippen molar-refractivity contribution in [1.29, 1.82) is 10.5 Å². The van der Waals surface area contributed by atoms with Gasteiger partial charge in [-0.15, -0.1) is 0 Å². The topological polar surface area (TPSA) is 75.5 Å². The summed E-state index contributed by atoms with van der Waals surface area (Å²) in [6.07, 6.45) is 0. The lowest BCUT2D eigenvalue weighted by molar-refractivity contribution is 0.666. The Kier molecular flexibility index (Phi) is 7.32. The van der Waals surface area contributed by atoms with Gasteiger partial charge in [0.25, 0.3) is 0 Å². The first-order valence-electron chi connectivity index (χ1n) is 19.5. The Balaban J connectivity index is 0.00000190. The normalized spacial score (nSPS) is 11.6. The molecule has 4 aromatic heterocycles. The van der Waals surface area contributed by atoms with Crippen LogP contribution in [0.4, 0.5) is 0 Å². The van der Waals surface area contributed by atoms with Crippen molar-refractivity contribution >= 4 is 87.4 Å². The van der Waals surface area contributed by atoms with Gasteiger partial charge in [0, 0.05) is 54.5 Å². The van der Waals surface area contributed by atoms with Crippen LogP contribution < -0.4 is 0 Å². The predicted molar refractivity (Wildman–Crippen MR) is 238 cm³/mol. The number of rotatable bonds is 3. The lowest BCUT2D eigenvalue weighted by Gasteiger charge is -2.14. The van der Waals surface area contributed by atoms with Gasteiger partial charge in [0.1, 0.15) is 5.58 Å². The maximum absolute atomic E-state index is 9.78. The van der Waals surface area contributed by atoms with E-state index in [9.17, 15) is 10.5 Å². The van der Waals surface area contributed by atoms with Crippen LogP contribution in [0.25, 0.3) is 104 Å². The largest absolute Gasteiger partial charge is 0.454 e. The first-order chi connectivity index (χ1) is 28.7. The molecule has 58 heavy (non-hydrogen) atoms. The minimum atomic E-state index is 0.574. The van der Waals surface area contributed by atoms with Crippen LogP contribution in [0.15, 0.2) is 168 Å². The molecule has 0 N–H and O–H groups in total. The number of benzene rings is 8. The van der Waals surface area contributed by atoms with Crippen molar-refractivity contribution in [2.24, 2.45) is 0 Å². The molecule has 0 fully saturated rings. The van der Waals surface area contributed by atoms with Crippen LogP contribution in [-0.2, 0) is 0 Å². The molecule has 272 valence electrons. The van der Waals surface area contributed by atoms with Crippen molar-refractivity contribution in [3.8, 4) is 29.2 Å². The Morgan fingerprint density at radius 3 is 1.31 bits per heavy atom. The summed E-state index contributed by atoms with van der Waals surface area (Å²) in [6.45, 7) is 4.00. The third-order valence-electron chi connectivity index (χ3n) is 11.5. The average Bonchev–Trinajstić information content (AvgIpc) is 4.02. The van der Waals surface area contributed by atoms with Crippen LogP contribution in [0.3, 0.4) is 0 Å². The zero-order valence-corrected chi connectivity index (χ0v) is 31.7. The average molecular weight is 744 g/mol. The Labute approximate surface area is 332 Å². The predicted octanol–water partition coefficient (Wildman–Crippen LogP) is 13.6. The molecule has 12 rings (SSSR count). The van der Waals surface area contributed by atoms with Crippen LogP contribution in [0, 0.1) is 22.7 Å². The van der Waals surface area contributed by atoms with Gasteiger partial charge in [0.2, 0.25) is 0 Å². The maximum atomic E-state index is 9.78. The molecule has 0 aliphatic rings. The fraction of sp³-hybridized carbons (Fsp3) is 0.0385. The van der Waals surface area contributed by atoms with E-state index in [1.807, 2.05) is 50.2 Å². The molecule has 0 bridgehead atoms. The van der Waals surface area contributed by atoms with E-state index in [0.717, 1.165) is 82.9 Å². The molecule has 0 spiro atoms. The lowest BCUT2D eigenvalue weighted by Crippen LogP contribution is -1.99. The number of nitrogens with zero attached hydrogens (tertiary/aromatic N) is 5. The van der Waals surface area contributed by atoms with E-state index in [1.165, 1.54) is 21.5 Å². The number of hydrogen-bond donors (Lipinski definition) is 0. The van der Waals surface area contributed by atoms with E-state index in [1.54, 1.807) is 0 Å². The van der Waals surface area contributed by atoms with Crippen molar-refractivity contribution in [3.05, 3.63) is 175 Å². The fourth-order valence-electron chi connectivity index (χ4n) is 9.09. The summed E-state index contributed by atoms with van der Waals surface area (Å²) in [5.74, 6) is 0. The van der Waals surface area contributed by atoms with Crippen LogP contribution >= 0.6 is 0 Å². The zero-order chi connectivity index (χ0) is 39.1. The third-order valence-corrected chi connectivity index (χ3v) is 11.5. The van der Waals surface area contributed by atoms with Crippen LogP contribution in [-0.4, -0.2) is 13.7 Å². The van der Waals surface area contributed by atoms with E-state index in [4.69, 9.17) is 4.42 Å². The summed E-state index contributed by atoms with van der Waals surface area (Å²) in [7, 11) is 0. The van der Waals surface area contributed by atoms with Crippen molar-refractivity contribution in [2.45, 2.75) is 13.8 Å². The van der Waals surface area contributed by atoms with E-state index >= 15 is 0 Å². The number of nitriles is 2. The van der Waals surface area contributed by atoms with Gasteiger partial charge in [-0.3, -0.25) is 0 Å². The molecular weight excluding hydrogens is 711 g/mol. The number of hydrogen-bond acceptors (Lipinski definition) is 3. The zero-order valence-electron chi connectivity index (χ0n) is 31.7. The van der Waals surface area contributed by atoms with E-state index in [2.05, 4.69) is 153 Å². The van der Waals surface area contributed by atoms with Crippen LogP contribution in [0.5, 0.6) is 0 Å². The van der Waals surface area contributed by atoms with Gasteiger partial charge >= 0.3 is 0 Å². The van der Waals surface area contributed by atoms with Crippen molar-refractivity contribution in [1.82, 2.24) is 13.7 Å². The standard InChI is InChI=1S/C50H27N5O.C2H6/c51-28-30-17-20-46-38(23-30)39-24-31(29-52)18-21-47(39)53(46)32-19-22-49-40(25-32)41-26-33(54-42-13-5-1-9-34(42)35-10-2-6-14-43(35)54)27-48(50(41)56-49)55-44-15-7-3-11-36(44)37-12-4-8-16-45(37)55;1-2/h1-27H;1-2H3. The number of para-hydroxylation sites is 4. The molecule has 6 nitrogen and oxygen atoms in total. The Bertz CT molecular complexity index is 3570. The Hall–Kier alpha value is -8.06. The van der Waals surface area contributed by atoms with Crippen molar-refractivity contribution < 1.29 is 4.42 Å². The molecule has 0 saturated heterocycles. The Morgan fingerprint density at radius 2 is 0.810 bits per heavy atom. The molecule has 0 atom stereocenters. The molecule has 0 amide bonds. The van der Waals surface area contributed by atoms with E-state index in [-0.39, 0.29) is 0 Å². The minimum absolute atomic E-state index is 0.574. The molecule has 6 heteroatoms. The first-order valence-corrected chi connectivity index (χ1v) is 19.5. The number of furan rings is 1. The quantitative estimate of drug-likeness (QED) is 0.181. The molecule has 0 unspecified atom stereocenters. The molecule has 0 saturated carbocycles. The highest BCUT2D eigenvalue weighted by Crippen LogP contribution is 2.43. The molecule has 8 aromatic carbocycles. The second-order valence-electron chi connectivity index (χ2n) is 14.4. The third kappa shape index (κ3) is 4.64. The summed E-state index contributed by atoms with van der Waals surface area (Å²) in [4.78, 5) is 0. The first kappa shape index (κ1) is 33.3. The summed E-state index contributed by atoms with van der Waals surface area (Å²) >= 11 is 0. The number of fused-ring (bicyclic) bond motifs is 12.